The molecule has 1 saturated carbocycles. The standard InChI is InChI=1S/C20H20N4OS/c1-19(2)6-7-20(19,25)16-9-12-4-5-15(22-18(12)26-16)13-8-14-11-24(3)23-17(14)21-10-13/h4-5,8-11,25H,6-7H2,1-3H3/t20-/m1/s1. The fraction of sp³-hybridized carbons (Fsp3) is 0.350. The summed E-state index contributed by atoms with van der Waals surface area (Å²) in [7, 11) is 1.89. The average Bonchev–Trinajstić information content (AvgIpc) is 3.20. The zero-order valence-corrected chi connectivity index (χ0v) is 15.8. The minimum atomic E-state index is -0.727. The first-order chi connectivity index (χ1) is 12.4. The second-order valence-electron chi connectivity index (χ2n) is 7.89. The number of aryl methyl sites for hydroxylation is 1. The van der Waals surface area contributed by atoms with Gasteiger partial charge < -0.3 is 5.11 Å². The molecular formula is C20H20N4OS. The fourth-order valence-electron chi connectivity index (χ4n) is 3.77. The Morgan fingerprint density at radius 2 is 2.00 bits per heavy atom. The first kappa shape index (κ1) is 15.9. The summed E-state index contributed by atoms with van der Waals surface area (Å²) in [5.74, 6) is 0. The van der Waals surface area contributed by atoms with Crippen LogP contribution in [-0.4, -0.2) is 24.9 Å². The van der Waals surface area contributed by atoms with Gasteiger partial charge in [0, 0.05) is 40.7 Å². The molecule has 0 radical (unpaired) electrons. The minimum absolute atomic E-state index is 0.0774. The molecule has 1 atom stereocenters. The van der Waals surface area contributed by atoms with Gasteiger partial charge in [0.25, 0.3) is 0 Å². The maximum absolute atomic E-state index is 11.1. The largest absolute Gasteiger partial charge is 0.384 e. The lowest BCUT2D eigenvalue weighted by Gasteiger charge is -2.52. The summed E-state index contributed by atoms with van der Waals surface area (Å²) in [5, 5.41) is 17.5. The Morgan fingerprint density at radius 1 is 1.15 bits per heavy atom. The molecule has 5 nitrogen and oxygen atoms in total. The molecule has 132 valence electrons. The molecule has 4 heterocycles. The van der Waals surface area contributed by atoms with Gasteiger partial charge >= 0.3 is 0 Å². The summed E-state index contributed by atoms with van der Waals surface area (Å²) in [6, 6.07) is 8.27. The molecule has 26 heavy (non-hydrogen) atoms. The van der Waals surface area contributed by atoms with Gasteiger partial charge in [-0.3, -0.25) is 4.68 Å². The molecule has 0 spiro atoms. The van der Waals surface area contributed by atoms with E-state index in [4.69, 9.17) is 4.98 Å². The molecule has 0 amide bonds. The highest BCUT2D eigenvalue weighted by Gasteiger charge is 2.53. The second kappa shape index (κ2) is 5.11. The van der Waals surface area contributed by atoms with Crippen LogP contribution in [0.4, 0.5) is 0 Å². The molecule has 0 bridgehead atoms. The van der Waals surface area contributed by atoms with E-state index in [-0.39, 0.29) is 5.41 Å². The van der Waals surface area contributed by atoms with E-state index in [0.717, 1.165) is 50.2 Å². The Hall–Kier alpha value is -2.31. The van der Waals surface area contributed by atoms with Crippen molar-refractivity contribution >= 4 is 32.6 Å². The van der Waals surface area contributed by atoms with Crippen LogP contribution in [0.1, 0.15) is 31.6 Å². The summed E-state index contributed by atoms with van der Waals surface area (Å²) in [6.07, 6.45) is 5.65. The van der Waals surface area contributed by atoms with Gasteiger partial charge in [-0.25, -0.2) is 9.97 Å². The Labute approximate surface area is 155 Å². The Morgan fingerprint density at radius 3 is 2.73 bits per heavy atom. The first-order valence-corrected chi connectivity index (χ1v) is 9.61. The minimum Gasteiger partial charge on any atom is -0.384 e. The molecule has 5 rings (SSSR count). The van der Waals surface area contributed by atoms with Crippen molar-refractivity contribution in [3.8, 4) is 11.3 Å². The highest BCUT2D eigenvalue weighted by molar-refractivity contribution is 7.18. The van der Waals surface area contributed by atoms with Gasteiger partial charge in [-0.1, -0.05) is 13.8 Å². The van der Waals surface area contributed by atoms with Crippen LogP contribution in [0, 0.1) is 5.41 Å². The third-order valence-corrected chi connectivity index (χ3v) is 6.99. The fourth-order valence-corrected chi connectivity index (χ4v) is 5.10. The maximum Gasteiger partial charge on any atom is 0.181 e. The third-order valence-electron chi connectivity index (χ3n) is 5.79. The van der Waals surface area contributed by atoms with Gasteiger partial charge in [0.1, 0.15) is 10.4 Å². The van der Waals surface area contributed by atoms with Crippen LogP contribution in [0.5, 0.6) is 0 Å². The van der Waals surface area contributed by atoms with Crippen molar-refractivity contribution in [3.05, 3.63) is 41.5 Å². The smallest absolute Gasteiger partial charge is 0.181 e. The zero-order chi connectivity index (χ0) is 18.1. The molecule has 6 heteroatoms. The van der Waals surface area contributed by atoms with Gasteiger partial charge in [0.2, 0.25) is 0 Å². The molecule has 4 aromatic rings. The number of hydrogen-bond donors (Lipinski definition) is 1. The summed E-state index contributed by atoms with van der Waals surface area (Å²) < 4.78 is 1.77. The number of aliphatic hydroxyl groups is 1. The molecule has 1 aliphatic carbocycles. The summed E-state index contributed by atoms with van der Waals surface area (Å²) >= 11 is 1.60. The highest BCUT2D eigenvalue weighted by atomic mass is 32.1. The van der Waals surface area contributed by atoms with E-state index in [1.165, 1.54) is 0 Å². The predicted molar refractivity (Wildman–Crippen MR) is 104 cm³/mol. The van der Waals surface area contributed by atoms with Crippen LogP contribution >= 0.6 is 11.3 Å². The number of aromatic nitrogens is 4. The van der Waals surface area contributed by atoms with E-state index in [9.17, 15) is 5.11 Å². The SMILES string of the molecule is Cn1cc2cc(-c3ccc4cc([C@]5(O)CCC5(C)C)sc4n3)cnc2n1. The lowest BCUT2D eigenvalue weighted by molar-refractivity contribution is -0.153. The molecule has 0 aliphatic heterocycles. The maximum atomic E-state index is 11.1. The van der Waals surface area contributed by atoms with Crippen molar-refractivity contribution in [2.24, 2.45) is 12.5 Å². The van der Waals surface area contributed by atoms with Crippen molar-refractivity contribution in [2.45, 2.75) is 32.3 Å². The molecular weight excluding hydrogens is 344 g/mol. The highest BCUT2D eigenvalue weighted by Crippen LogP contribution is 2.57. The van der Waals surface area contributed by atoms with Crippen LogP contribution in [0.2, 0.25) is 0 Å². The van der Waals surface area contributed by atoms with Crippen molar-refractivity contribution in [3.63, 3.8) is 0 Å². The van der Waals surface area contributed by atoms with Crippen LogP contribution in [0.3, 0.4) is 0 Å². The van der Waals surface area contributed by atoms with E-state index in [2.05, 4.69) is 42.1 Å². The van der Waals surface area contributed by atoms with Gasteiger partial charge in [-0.2, -0.15) is 5.10 Å². The molecule has 0 aromatic carbocycles. The third kappa shape index (κ3) is 2.15. The van der Waals surface area contributed by atoms with Crippen molar-refractivity contribution in [1.29, 1.82) is 0 Å². The van der Waals surface area contributed by atoms with Gasteiger partial charge in [-0.05, 0) is 42.5 Å². The van der Waals surface area contributed by atoms with Crippen molar-refractivity contribution in [1.82, 2.24) is 19.7 Å². The number of pyridine rings is 2. The van der Waals surface area contributed by atoms with E-state index in [1.54, 1.807) is 16.0 Å². The molecule has 1 aliphatic rings. The number of rotatable bonds is 2. The Balaban J connectivity index is 1.59. The van der Waals surface area contributed by atoms with Gasteiger partial charge in [-0.15, -0.1) is 11.3 Å². The number of thiophene rings is 1. The lowest BCUT2D eigenvalue weighted by Crippen LogP contribution is -2.50. The van der Waals surface area contributed by atoms with Crippen LogP contribution in [0.25, 0.3) is 32.5 Å². The number of fused-ring (bicyclic) bond motifs is 2. The average molecular weight is 364 g/mol. The second-order valence-corrected chi connectivity index (χ2v) is 8.92. The van der Waals surface area contributed by atoms with E-state index >= 15 is 0 Å². The van der Waals surface area contributed by atoms with E-state index in [0.29, 0.717) is 0 Å². The number of hydrogen-bond acceptors (Lipinski definition) is 5. The van der Waals surface area contributed by atoms with Crippen LogP contribution in [0.15, 0.2) is 36.7 Å². The molecule has 0 unspecified atom stereocenters. The van der Waals surface area contributed by atoms with E-state index in [1.807, 2.05) is 25.5 Å². The normalized spacial score (nSPS) is 22.0. The van der Waals surface area contributed by atoms with Crippen molar-refractivity contribution < 1.29 is 5.11 Å². The summed E-state index contributed by atoms with van der Waals surface area (Å²) in [6.45, 7) is 4.27. The zero-order valence-electron chi connectivity index (χ0n) is 15.0. The molecule has 4 aromatic heterocycles. The van der Waals surface area contributed by atoms with Crippen molar-refractivity contribution in [2.75, 3.05) is 0 Å². The summed E-state index contributed by atoms with van der Waals surface area (Å²) in [4.78, 5) is 11.3. The molecule has 1 N–H and O–H groups in total. The summed E-state index contributed by atoms with van der Waals surface area (Å²) in [5.41, 5.74) is 1.81. The Bertz CT molecular complexity index is 1160. The number of nitrogens with zero attached hydrogens (tertiary/aromatic N) is 4. The molecule has 0 saturated heterocycles. The first-order valence-electron chi connectivity index (χ1n) is 8.79. The van der Waals surface area contributed by atoms with Crippen LogP contribution < -0.4 is 0 Å². The lowest BCUT2D eigenvalue weighted by atomic mass is 9.58. The van der Waals surface area contributed by atoms with E-state index < -0.39 is 5.60 Å². The van der Waals surface area contributed by atoms with Gasteiger partial charge in [0.05, 0.1) is 5.69 Å². The monoisotopic (exact) mass is 364 g/mol. The predicted octanol–water partition coefficient (Wildman–Crippen LogP) is 4.25. The Kier molecular flexibility index (Phi) is 3.13. The van der Waals surface area contributed by atoms with Crippen LogP contribution in [-0.2, 0) is 12.6 Å². The van der Waals surface area contributed by atoms with Gasteiger partial charge in [0.15, 0.2) is 5.65 Å². The topological polar surface area (TPSA) is 63.8 Å². The molecule has 1 fully saturated rings. The quantitative estimate of drug-likeness (QED) is 0.577.